The number of aryl methyl sites for hydroxylation is 1. The molecule has 1 fully saturated rings. The molecule has 1 aromatic heterocycles. The summed E-state index contributed by atoms with van der Waals surface area (Å²) < 4.78 is 0. The van der Waals surface area contributed by atoms with Crippen LogP contribution in [0.15, 0.2) is 66.7 Å². The van der Waals surface area contributed by atoms with E-state index in [9.17, 15) is 9.59 Å². The second-order valence-electron chi connectivity index (χ2n) is 9.49. The summed E-state index contributed by atoms with van der Waals surface area (Å²) in [4.78, 5) is 37.9. The van der Waals surface area contributed by atoms with Crippen LogP contribution < -0.4 is 16.0 Å². The van der Waals surface area contributed by atoms with Crippen LogP contribution in [0, 0.1) is 0 Å². The van der Waals surface area contributed by atoms with Gasteiger partial charge in [0.15, 0.2) is 5.82 Å². The second-order valence-corrected chi connectivity index (χ2v) is 9.49. The van der Waals surface area contributed by atoms with E-state index in [-0.39, 0.29) is 11.8 Å². The molecule has 2 heterocycles. The fourth-order valence-electron chi connectivity index (χ4n) is 4.46. The number of carbonyl (C=O) groups is 2. The van der Waals surface area contributed by atoms with E-state index in [0.717, 1.165) is 51.1 Å². The molecule has 3 aromatic rings. The molecule has 1 saturated heterocycles. The number of amides is 2. The van der Waals surface area contributed by atoms with E-state index in [0.29, 0.717) is 37.1 Å². The zero-order chi connectivity index (χ0) is 26.6. The van der Waals surface area contributed by atoms with Gasteiger partial charge < -0.3 is 20.9 Å². The summed E-state index contributed by atoms with van der Waals surface area (Å²) in [6.45, 7) is 7.54. The Labute approximate surface area is 224 Å². The highest BCUT2D eigenvalue weighted by Crippen LogP contribution is 2.20. The average Bonchev–Trinajstić information content (AvgIpc) is 2.93. The largest absolute Gasteiger partial charge is 0.368 e. The van der Waals surface area contributed by atoms with Gasteiger partial charge in [-0.2, -0.15) is 0 Å². The number of nitrogens with one attached hydrogen (secondary N) is 3. The van der Waals surface area contributed by atoms with E-state index < -0.39 is 0 Å². The van der Waals surface area contributed by atoms with Crippen molar-refractivity contribution in [2.24, 2.45) is 0 Å². The predicted molar refractivity (Wildman–Crippen MR) is 151 cm³/mol. The Kier molecular flexibility index (Phi) is 10.2. The topological polar surface area (TPSA) is 102 Å². The maximum Gasteiger partial charge on any atom is 0.239 e. The average molecular weight is 516 g/mol. The maximum absolute atomic E-state index is 12.9. The highest BCUT2D eigenvalue weighted by Gasteiger charge is 2.19. The third kappa shape index (κ3) is 8.93. The molecule has 1 aliphatic rings. The van der Waals surface area contributed by atoms with Crippen LogP contribution in [-0.2, 0) is 16.0 Å². The summed E-state index contributed by atoms with van der Waals surface area (Å²) in [5, 5.41) is 8.91. The van der Waals surface area contributed by atoms with Crippen LogP contribution in [0.5, 0.6) is 0 Å². The molecule has 0 radical (unpaired) electrons. The van der Waals surface area contributed by atoms with Crippen molar-refractivity contribution in [2.75, 3.05) is 63.0 Å². The third-order valence-electron chi connectivity index (χ3n) is 6.45. The third-order valence-corrected chi connectivity index (χ3v) is 6.45. The molecule has 9 heteroatoms. The van der Waals surface area contributed by atoms with E-state index in [4.69, 9.17) is 0 Å². The Morgan fingerprint density at radius 1 is 0.842 bits per heavy atom. The van der Waals surface area contributed by atoms with Crippen molar-refractivity contribution in [2.45, 2.75) is 19.8 Å². The number of nitrogens with zero attached hydrogens (tertiary/aromatic N) is 4. The van der Waals surface area contributed by atoms with E-state index in [2.05, 4.69) is 66.0 Å². The number of carbonyl (C=O) groups excluding carboxylic acids is 2. The number of anilines is 2. The summed E-state index contributed by atoms with van der Waals surface area (Å²) in [6, 6.07) is 22.0. The zero-order valence-corrected chi connectivity index (χ0v) is 22.0. The van der Waals surface area contributed by atoms with Crippen LogP contribution in [0.1, 0.15) is 18.9 Å². The molecule has 38 heavy (non-hydrogen) atoms. The second kappa shape index (κ2) is 14.2. The Balaban J connectivity index is 1.27. The smallest absolute Gasteiger partial charge is 0.239 e. The van der Waals surface area contributed by atoms with Crippen LogP contribution in [0.25, 0.3) is 11.4 Å². The van der Waals surface area contributed by atoms with Crippen LogP contribution in [0.3, 0.4) is 0 Å². The number of benzene rings is 2. The van der Waals surface area contributed by atoms with Crippen LogP contribution >= 0.6 is 0 Å². The lowest BCUT2D eigenvalue weighted by atomic mass is 10.1. The fraction of sp³-hybridized carbons (Fsp3) is 0.379. The van der Waals surface area contributed by atoms with E-state index >= 15 is 0 Å². The summed E-state index contributed by atoms with van der Waals surface area (Å²) in [7, 11) is 0. The molecular weight excluding hydrogens is 478 g/mol. The van der Waals surface area contributed by atoms with Crippen molar-refractivity contribution in [1.82, 2.24) is 25.1 Å². The summed E-state index contributed by atoms with van der Waals surface area (Å²) in [5.41, 5.74) is 2.24. The van der Waals surface area contributed by atoms with Gasteiger partial charge in [-0.25, -0.2) is 9.97 Å². The molecule has 0 unspecified atom stereocenters. The molecule has 3 N–H and O–H groups in total. The van der Waals surface area contributed by atoms with Gasteiger partial charge in [0.2, 0.25) is 11.8 Å². The molecule has 2 aromatic carbocycles. The first-order chi connectivity index (χ1) is 18.5. The molecule has 0 spiro atoms. The van der Waals surface area contributed by atoms with Gasteiger partial charge in [-0.1, -0.05) is 60.7 Å². The van der Waals surface area contributed by atoms with Crippen LogP contribution in [0.2, 0.25) is 0 Å². The summed E-state index contributed by atoms with van der Waals surface area (Å²) in [5.74, 6) is 1.38. The van der Waals surface area contributed by atoms with Crippen molar-refractivity contribution in [3.05, 3.63) is 72.3 Å². The molecule has 0 atom stereocenters. The van der Waals surface area contributed by atoms with E-state index in [1.165, 1.54) is 12.5 Å². The van der Waals surface area contributed by atoms with Gasteiger partial charge in [0.1, 0.15) is 11.6 Å². The Morgan fingerprint density at radius 3 is 2.21 bits per heavy atom. The number of aromatic nitrogens is 2. The van der Waals surface area contributed by atoms with Crippen LogP contribution in [0.4, 0.5) is 11.6 Å². The highest BCUT2D eigenvalue weighted by molar-refractivity contribution is 5.92. The van der Waals surface area contributed by atoms with Gasteiger partial charge in [0, 0.05) is 57.8 Å². The van der Waals surface area contributed by atoms with Crippen molar-refractivity contribution in [3.63, 3.8) is 0 Å². The van der Waals surface area contributed by atoms with Gasteiger partial charge in [-0.05, 0) is 24.9 Å². The lowest BCUT2D eigenvalue weighted by Crippen LogP contribution is -2.48. The lowest BCUT2D eigenvalue weighted by Gasteiger charge is -2.34. The number of rotatable bonds is 12. The van der Waals surface area contributed by atoms with Crippen molar-refractivity contribution >= 4 is 23.5 Å². The summed E-state index contributed by atoms with van der Waals surface area (Å²) in [6.07, 6.45) is 2.24. The lowest BCUT2D eigenvalue weighted by molar-refractivity contribution is -0.119. The minimum absolute atomic E-state index is 0.0829. The van der Waals surface area contributed by atoms with Crippen LogP contribution in [-0.4, -0.2) is 83.9 Å². The van der Waals surface area contributed by atoms with Crippen molar-refractivity contribution in [3.8, 4) is 11.4 Å². The Morgan fingerprint density at radius 2 is 1.50 bits per heavy atom. The van der Waals surface area contributed by atoms with Crippen molar-refractivity contribution < 1.29 is 9.59 Å². The minimum Gasteiger partial charge on any atom is -0.368 e. The van der Waals surface area contributed by atoms with E-state index in [1.54, 1.807) is 6.07 Å². The molecule has 0 saturated carbocycles. The Bertz CT molecular complexity index is 1170. The maximum atomic E-state index is 12.9. The van der Waals surface area contributed by atoms with Gasteiger partial charge >= 0.3 is 0 Å². The van der Waals surface area contributed by atoms with Gasteiger partial charge in [0.05, 0.1) is 6.54 Å². The normalized spacial score (nSPS) is 14.1. The minimum atomic E-state index is -0.0931. The molecule has 2 amide bonds. The molecule has 9 nitrogen and oxygen atoms in total. The van der Waals surface area contributed by atoms with Gasteiger partial charge in [-0.15, -0.1) is 0 Å². The number of hydrogen-bond donors (Lipinski definition) is 3. The number of hydrogen-bond acceptors (Lipinski definition) is 7. The Hall–Kier alpha value is -3.82. The SMILES string of the molecule is CC(=O)NCCNc1cc(NC(=O)CN2CCN(CCCc3ccccc3)CC2)nc(-c2ccccc2)n1. The van der Waals surface area contributed by atoms with Gasteiger partial charge in [0.25, 0.3) is 0 Å². The quantitative estimate of drug-likeness (QED) is 0.319. The first kappa shape index (κ1) is 27.2. The molecule has 4 rings (SSSR count). The molecule has 0 bridgehead atoms. The predicted octanol–water partition coefficient (Wildman–Crippen LogP) is 2.88. The molecule has 0 aliphatic carbocycles. The molecule has 200 valence electrons. The first-order valence-corrected chi connectivity index (χ1v) is 13.3. The first-order valence-electron chi connectivity index (χ1n) is 13.3. The molecule has 1 aliphatic heterocycles. The van der Waals surface area contributed by atoms with E-state index in [1.807, 2.05) is 30.3 Å². The number of piperazine rings is 1. The van der Waals surface area contributed by atoms with Crippen molar-refractivity contribution in [1.29, 1.82) is 0 Å². The fourth-order valence-corrected chi connectivity index (χ4v) is 4.46. The monoisotopic (exact) mass is 515 g/mol. The van der Waals surface area contributed by atoms with Gasteiger partial charge in [-0.3, -0.25) is 14.5 Å². The standard InChI is InChI=1S/C29H37N7O2/c1-23(37)30-14-15-31-26-21-27(34-29(33-26)25-12-6-3-7-13-25)32-28(38)22-36-19-17-35(18-20-36)16-8-11-24-9-4-2-5-10-24/h2-7,9-10,12-13,21H,8,11,14-20,22H2,1H3,(H,30,37)(H2,31,32,33,34,38). The molecular formula is C29H37N7O2. The zero-order valence-electron chi connectivity index (χ0n) is 22.0. The summed E-state index contributed by atoms with van der Waals surface area (Å²) >= 11 is 0. The highest BCUT2D eigenvalue weighted by atomic mass is 16.2.